The molecule has 0 bridgehead atoms. The number of aliphatic hydroxyl groups excluding tert-OH is 1. The molecule has 0 aromatic heterocycles. The molecule has 2 N–H and O–H groups in total. The van der Waals surface area contributed by atoms with Gasteiger partial charge < -0.3 is 20.1 Å². The van der Waals surface area contributed by atoms with Crippen molar-refractivity contribution in [1.29, 1.82) is 0 Å². The number of carbonyl (C=O) groups excluding carboxylic acids is 1. The molecular weight excluding hydrogens is 340 g/mol. The Hall–Kier alpha value is -2.63. The summed E-state index contributed by atoms with van der Waals surface area (Å²) in [6, 6.07) is 15.4. The van der Waals surface area contributed by atoms with Crippen LogP contribution in [0.25, 0.3) is 6.08 Å². The van der Waals surface area contributed by atoms with Gasteiger partial charge in [0.05, 0.1) is 25.9 Å². The van der Waals surface area contributed by atoms with Crippen LogP contribution < -0.4 is 10.2 Å². The Balaban J connectivity index is 1.65. The van der Waals surface area contributed by atoms with Crippen LogP contribution in [0, 0.1) is 6.92 Å². The lowest BCUT2D eigenvalue weighted by molar-refractivity contribution is -0.117. The molecule has 27 heavy (non-hydrogen) atoms. The third kappa shape index (κ3) is 5.42. The summed E-state index contributed by atoms with van der Waals surface area (Å²) >= 11 is 0. The second-order valence-corrected chi connectivity index (χ2v) is 6.68. The summed E-state index contributed by atoms with van der Waals surface area (Å²) in [5.74, 6) is -0.230. The van der Waals surface area contributed by atoms with Crippen LogP contribution in [0.15, 0.2) is 54.6 Å². The zero-order valence-electron chi connectivity index (χ0n) is 15.6. The number of amides is 1. The van der Waals surface area contributed by atoms with Crippen LogP contribution in [0.1, 0.15) is 22.7 Å². The van der Waals surface area contributed by atoms with Crippen LogP contribution in [0.5, 0.6) is 0 Å². The molecule has 1 aliphatic heterocycles. The van der Waals surface area contributed by atoms with Crippen molar-refractivity contribution >= 4 is 17.7 Å². The summed E-state index contributed by atoms with van der Waals surface area (Å²) in [4.78, 5) is 14.5. The minimum Gasteiger partial charge on any atom is -0.394 e. The van der Waals surface area contributed by atoms with Crippen LogP contribution in [-0.2, 0) is 9.53 Å². The summed E-state index contributed by atoms with van der Waals surface area (Å²) in [6.07, 6.45) is 3.27. The quantitative estimate of drug-likeness (QED) is 0.772. The number of anilines is 1. The number of nitrogens with one attached hydrogen (secondary N) is 1. The van der Waals surface area contributed by atoms with Gasteiger partial charge in [-0.2, -0.15) is 0 Å². The molecule has 5 heteroatoms. The molecule has 0 radical (unpaired) electrons. The average molecular weight is 366 g/mol. The minimum atomic E-state index is -0.443. The molecule has 5 nitrogen and oxygen atoms in total. The molecule has 1 aliphatic rings. The van der Waals surface area contributed by atoms with E-state index < -0.39 is 6.04 Å². The van der Waals surface area contributed by atoms with Gasteiger partial charge in [0, 0.05) is 24.9 Å². The van der Waals surface area contributed by atoms with E-state index in [0.717, 1.165) is 29.9 Å². The van der Waals surface area contributed by atoms with E-state index in [4.69, 9.17) is 4.74 Å². The lowest BCUT2D eigenvalue weighted by Gasteiger charge is -2.29. The van der Waals surface area contributed by atoms with Crippen molar-refractivity contribution in [2.24, 2.45) is 0 Å². The van der Waals surface area contributed by atoms with Crippen LogP contribution in [0.2, 0.25) is 0 Å². The van der Waals surface area contributed by atoms with Gasteiger partial charge in [0.15, 0.2) is 0 Å². The lowest BCUT2D eigenvalue weighted by Crippen LogP contribution is -2.36. The fourth-order valence-corrected chi connectivity index (χ4v) is 3.06. The van der Waals surface area contributed by atoms with Gasteiger partial charge in [-0.3, -0.25) is 4.79 Å². The van der Waals surface area contributed by atoms with Gasteiger partial charge in [-0.25, -0.2) is 0 Å². The highest BCUT2D eigenvalue weighted by atomic mass is 16.5. The van der Waals surface area contributed by atoms with Gasteiger partial charge in [0.1, 0.15) is 0 Å². The highest BCUT2D eigenvalue weighted by Gasteiger charge is 2.16. The van der Waals surface area contributed by atoms with Crippen molar-refractivity contribution < 1.29 is 14.6 Å². The van der Waals surface area contributed by atoms with Gasteiger partial charge in [0.25, 0.3) is 0 Å². The Morgan fingerprint density at radius 1 is 1.22 bits per heavy atom. The van der Waals surface area contributed by atoms with Gasteiger partial charge in [-0.1, -0.05) is 42.0 Å². The summed E-state index contributed by atoms with van der Waals surface area (Å²) in [5, 5.41) is 12.6. The highest BCUT2D eigenvalue weighted by Crippen LogP contribution is 2.21. The van der Waals surface area contributed by atoms with E-state index in [1.165, 1.54) is 11.6 Å². The molecule has 1 amide bonds. The van der Waals surface area contributed by atoms with Crippen molar-refractivity contribution in [1.82, 2.24) is 5.32 Å². The third-order valence-corrected chi connectivity index (χ3v) is 4.65. The van der Waals surface area contributed by atoms with E-state index >= 15 is 0 Å². The fraction of sp³-hybridized carbons (Fsp3) is 0.318. The van der Waals surface area contributed by atoms with Crippen molar-refractivity contribution in [3.05, 3.63) is 71.3 Å². The first-order valence-corrected chi connectivity index (χ1v) is 9.24. The number of carbonyl (C=O) groups is 1. The van der Waals surface area contributed by atoms with Crippen LogP contribution in [-0.4, -0.2) is 43.9 Å². The first-order chi connectivity index (χ1) is 13.2. The zero-order chi connectivity index (χ0) is 19.1. The molecule has 1 heterocycles. The normalized spacial score (nSPS) is 15.7. The fourth-order valence-electron chi connectivity index (χ4n) is 3.06. The Kier molecular flexibility index (Phi) is 6.63. The molecule has 0 spiro atoms. The van der Waals surface area contributed by atoms with Gasteiger partial charge in [-0.05, 0) is 36.3 Å². The van der Waals surface area contributed by atoms with Crippen molar-refractivity contribution in [3.63, 3.8) is 0 Å². The van der Waals surface area contributed by atoms with E-state index in [1.807, 2.05) is 55.5 Å². The van der Waals surface area contributed by atoms with E-state index in [2.05, 4.69) is 10.2 Å². The number of nitrogens with zero attached hydrogens (tertiary/aromatic N) is 1. The summed E-state index contributed by atoms with van der Waals surface area (Å²) in [6.45, 7) is 4.99. The van der Waals surface area contributed by atoms with Crippen LogP contribution >= 0.6 is 0 Å². The van der Waals surface area contributed by atoms with E-state index in [0.29, 0.717) is 13.2 Å². The molecule has 1 saturated heterocycles. The van der Waals surface area contributed by atoms with Crippen molar-refractivity contribution in [2.75, 3.05) is 37.8 Å². The van der Waals surface area contributed by atoms with E-state index in [9.17, 15) is 9.90 Å². The Morgan fingerprint density at radius 2 is 1.96 bits per heavy atom. The molecule has 1 fully saturated rings. The Bertz CT molecular complexity index is 780. The number of ether oxygens (including phenoxy) is 1. The maximum atomic E-state index is 12.3. The number of rotatable bonds is 6. The van der Waals surface area contributed by atoms with Crippen LogP contribution in [0.4, 0.5) is 5.69 Å². The van der Waals surface area contributed by atoms with Gasteiger partial charge >= 0.3 is 0 Å². The number of hydrogen-bond acceptors (Lipinski definition) is 4. The highest BCUT2D eigenvalue weighted by molar-refractivity contribution is 5.92. The van der Waals surface area contributed by atoms with Crippen LogP contribution in [0.3, 0.4) is 0 Å². The standard InChI is InChI=1S/C22H26N2O3/c1-17-5-7-18(8-6-17)9-10-22(26)23-21(16-25)19-3-2-4-20(15-19)24-11-13-27-14-12-24/h2-10,15,21,25H,11-14,16H2,1H3,(H,23,26)/b10-9+. The van der Waals surface area contributed by atoms with E-state index in [1.54, 1.807) is 6.08 Å². The predicted octanol–water partition coefficient (Wildman–Crippen LogP) is 2.69. The van der Waals surface area contributed by atoms with Gasteiger partial charge in [-0.15, -0.1) is 0 Å². The van der Waals surface area contributed by atoms with E-state index in [-0.39, 0.29) is 12.5 Å². The Labute approximate surface area is 160 Å². The smallest absolute Gasteiger partial charge is 0.244 e. The summed E-state index contributed by atoms with van der Waals surface area (Å²) < 4.78 is 5.40. The molecule has 0 aliphatic carbocycles. The predicted molar refractivity (Wildman–Crippen MR) is 108 cm³/mol. The minimum absolute atomic E-state index is 0.156. The first kappa shape index (κ1) is 19.1. The van der Waals surface area contributed by atoms with Crippen molar-refractivity contribution in [3.8, 4) is 0 Å². The molecule has 142 valence electrons. The number of morpholine rings is 1. The molecule has 0 saturated carbocycles. The lowest BCUT2D eigenvalue weighted by atomic mass is 10.1. The molecule has 1 atom stereocenters. The molecular formula is C22H26N2O3. The monoisotopic (exact) mass is 366 g/mol. The average Bonchev–Trinajstić information content (AvgIpc) is 2.72. The summed E-state index contributed by atoms with van der Waals surface area (Å²) in [5.41, 5.74) is 4.11. The van der Waals surface area contributed by atoms with Crippen molar-refractivity contribution in [2.45, 2.75) is 13.0 Å². The zero-order valence-corrected chi connectivity index (χ0v) is 15.6. The largest absolute Gasteiger partial charge is 0.394 e. The molecule has 2 aromatic carbocycles. The molecule has 2 aromatic rings. The third-order valence-electron chi connectivity index (χ3n) is 4.65. The second-order valence-electron chi connectivity index (χ2n) is 6.68. The number of hydrogen-bond donors (Lipinski definition) is 2. The number of aliphatic hydroxyl groups is 1. The number of aryl methyl sites for hydroxylation is 1. The molecule has 1 unspecified atom stereocenters. The SMILES string of the molecule is Cc1ccc(/C=C/C(=O)NC(CO)c2cccc(N3CCOCC3)c2)cc1. The Morgan fingerprint density at radius 3 is 2.67 bits per heavy atom. The maximum Gasteiger partial charge on any atom is 0.244 e. The topological polar surface area (TPSA) is 61.8 Å². The number of benzene rings is 2. The second kappa shape index (κ2) is 9.35. The summed E-state index contributed by atoms with van der Waals surface area (Å²) in [7, 11) is 0. The molecule has 3 rings (SSSR count). The first-order valence-electron chi connectivity index (χ1n) is 9.24. The van der Waals surface area contributed by atoms with Gasteiger partial charge in [0.2, 0.25) is 5.91 Å². The maximum absolute atomic E-state index is 12.3.